The Morgan fingerprint density at radius 2 is 1.62 bits per heavy atom. The molecule has 0 spiro atoms. The van der Waals surface area contributed by atoms with Crippen molar-refractivity contribution < 1.29 is 24.9 Å². The Hall–Kier alpha value is -2.18. The number of carbonyl (C=O) groups is 2. The molecule has 3 N–H and O–H groups in total. The second-order valence-corrected chi connectivity index (χ2v) is 4.70. The van der Waals surface area contributed by atoms with Crippen LogP contribution in [0.5, 0.6) is 0 Å². The Morgan fingerprint density at radius 1 is 1.14 bits per heavy atom. The largest absolute Gasteiger partial charge is 0.478 e. The first kappa shape index (κ1) is 16.9. The number of aliphatic hydroxyl groups is 1. The van der Waals surface area contributed by atoms with Crippen LogP contribution in [0.2, 0.25) is 0 Å². The van der Waals surface area contributed by atoms with Gasteiger partial charge >= 0.3 is 11.9 Å². The summed E-state index contributed by atoms with van der Waals surface area (Å²) in [4.78, 5) is 21.4. The summed E-state index contributed by atoms with van der Waals surface area (Å²) < 4.78 is 0. The van der Waals surface area contributed by atoms with E-state index in [-0.39, 0.29) is 6.10 Å². The molecule has 0 saturated carbocycles. The highest BCUT2D eigenvalue weighted by molar-refractivity contribution is 5.89. The van der Waals surface area contributed by atoms with Gasteiger partial charge < -0.3 is 15.3 Å². The number of likely N-dealkylation sites (tertiary alicyclic amines) is 1. The average molecular weight is 293 g/mol. The number of carboxylic acids is 2. The number of nitrogens with zero attached hydrogens (tertiary/aromatic N) is 1. The van der Waals surface area contributed by atoms with E-state index in [9.17, 15) is 14.7 Å². The van der Waals surface area contributed by atoms with Crippen molar-refractivity contribution in [2.24, 2.45) is 0 Å². The molecule has 0 amide bonds. The second-order valence-electron chi connectivity index (χ2n) is 4.70. The van der Waals surface area contributed by atoms with Gasteiger partial charge in [-0.15, -0.1) is 0 Å². The molecule has 1 heterocycles. The van der Waals surface area contributed by atoms with Gasteiger partial charge in [-0.05, 0) is 12.5 Å². The molecule has 2 rings (SSSR count). The lowest BCUT2D eigenvalue weighted by molar-refractivity contribution is -0.134. The van der Waals surface area contributed by atoms with Crippen LogP contribution < -0.4 is 0 Å². The highest BCUT2D eigenvalue weighted by atomic mass is 16.4. The standard InChI is InChI=1S/C11H15NO.C4H4O4/c1-9(12-7-11(13)8-12)10-5-3-2-4-6-10;5-3(6)1-2-4(7)8/h2-6,9,11,13H,7-8H2,1H3;1-2H,(H,5,6)(H,7,8). The first-order chi connectivity index (χ1) is 9.90. The average Bonchev–Trinajstić information content (AvgIpc) is 2.43. The molecular weight excluding hydrogens is 274 g/mol. The third-order valence-electron chi connectivity index (χ3n) is 3.09. The fourth-order valence-electron chi connectivity index (χ4n) is 1.89. The number of hydrogen-bond donors (Lipinski definition) is 3. The number of rotatable bonds is 4. The zero-order valence-electron chi connectivity index (χ0n) is 11.7. The minimum atomic E-state index is -1.26. The lowest BCUT2D eigenvalue weighted by atomic mass is 10.0. The van der Waals surface area contributed by atoms with Crippen molar-refractivity contribution >= 4 is 11.9 Å². The van der Waals surface area contributed by atoms with Crippen LogP contribution in [0.1, 0.15) is 18.5 Å². The van der Waals surface area contributed by atoms with Gasteiger partial charge in [0.05, 0.1) is 6.10 Å². The molecule has 1 atom stereocenters. The summed E-state index contributed by atoms with van der Waals surface area (Å²) in [6.07, 6.45) is 1.01. The molecule has 0 bridgehead atoms. The van der Waals surface area contributed by atoms with E-state index in [1.165, 1.54) is 5.56 Å². The first-order valence-corrected chi connectivity index (χ1v) is 6.51. The van der Waals surface area contributed by atoms with Crippen molar-refractivity contribution in [2.75, 3.05) is 13.1 Å². The smallest absolute Gasteiger partial charge is 0.328 e. The van der Waals surface area contributed by atoms with Gasteiger partial charge in [0, 0.05) is 31.3 Å². The van der Waals surface area contributed by atoms with Crippen LogP contribution in [0.4, 0.5) is 0 Å². The van der Waals surface area contributed by atoms with Gasteiger partial charge in [0.25, 0.3) is 0 Å². The highest BCUT2D eigenvalue weighted by Crippen LogP contribution is 2.24. The molecule has 6 heteroatoms. The highest BCUT2D eigenvalue weighted by Gasteiger charge is 2.28. The normalized spacial score (nSPS) is 16.7. The predicted octanol–water partition coefficient (Wildman–Crippen LogP) is 1.14. The maximum atomic E-state index is 9.55. The van der Waals surface area contributed by atoms with E-state index in [2.05, 4.69) is 36.1 Å². The number of aliphatic carboxylic acids is 2. The Morgan fingerprint density at radius 3 is 2.00 bits per heavy atom. The number of β-amino-alcohol motifs (C(OH)–C–C–N with tert-alkyl or cyclic N) is 1. The van der Waals surface area contributed by atoms with Crippen LogP contribution >= 0.6 is 0 Å². The van der Waals surface area contributed by atoms with E-state index >= 15 is 0 Å². The van der Waals surface area contributed by atoms with Crippen LogP contribution in [-0.4, -0.2) is 51.4 Å². The van der Waals surface area contributed by atoms with E-state index in [1.807, 2.05) is 6.07 Å². The summed E-state index contributed by atoms with van der Waals surface area (Å²) in [7, 11) is 0. The molecule has 1 aromatic carbocycles. The van der Waals surface area contributed by atoms with Gasteiger partial charge in [0.15, 0.2) is 0 Å². The topological polar surface area (TPSA) is 98.1 Å². The van der Waals surface area contributed by atoms with Crippen molar-refractivity contribution in [3.63, 3.8) is 0 Å². The van der Waals surface area contributed by atoms with E-state index in [1.54, 1.807) is 0 Å². The maximum absolute atomic E-state index is 9.55. The van der Waals surface area contributed by atoms with Crippen molar-refractivity contribution in [1.82, 2.24) is 4.90 Å². The van der Waals surface area contributed by atoms with Gasteiger partial charge in [0.2, 0.25) is 0 Å². The lowest BCUT2D eigenvalue weighted by Gasteiger charge is -2.40. The van der Waals surface area contributed by atoms with E-state index < -0.39 is 11.9 Å². The molecule has 0 aliphatic carbocycles. The summed E-state index contributed by atoms with van der Waals surface area (Å²) in [5.41, 5.74) is 1.33. The quantitative estimate of drug-likeness (QED) is 0.720. The number of benzene rings is 1. The van der Waals surface area contributed by atoms with E-state index in [4.69, 9.17) is 10.2 Å². The predicted molar refractivity (Wildman–Crippen MR) is 76.8 cm³/mol. The van der Waals surface area contributed by atoms with E-state index in [0.29, 0.717) is 18.2 Å². The molecule has 1 fully saturated rings. The minimum absolute atomic E-state index is 0.105. The molecule has 6 nitrogen and oxygen atoms in total. The molecule has 0 radical (unpaired) electrons. The molecule has 1 saturated heterocycles. The van der Waals surface area contributed by atoms with Crippen LogP contribution in [0.25, 0.3) is 0 Å². The monoisotopic (exact) mass is 293 g/mol. The zero-order chi connectivity index (χ0) is 15.8. The van der Waals surface area contributed by atoms with Crippen molar-refractivity contribution in [2.45, 2.75) is 19.1 Å². The number of carboxylic acid groups (broad SMARTS) is 2. The van der Waals surface area contributed by atoms with Gasteiger partial charge in [-0.25, -0.2) is 9.59 Å². The van der Waals surface area contributed by atoms with Crippen molar-refractivity contribution in [3.8, 4) is 0 Å². The summed E-state index contributed by atoms with van der Waals surface area (Å²) in [5, 5.41) is 24.8. The fourth-order valence-corrected chi connectivity index (χ4v) is 1.89. The number of aliphatic hydroxyl groups excluding tert-OH is 1. The van der Waals surface area contributed by atoms with Gasteiger partial charge in [0.1, 0.15) is 0 Å². The van der Waals surface area contributed by atoms with Crippen molar-refractivity contribution in [3.05, 3.63) is 48.0 Å². The lowest BCUT2D eigenvalue weighted by Crippen LogP contribution is -2.51. The Kier molecular flexibility index (Phi) is 6.58. The third-order valence-corrected chi connectivity index (χ3v) is 3.09. The Labute approximate surface area is 122 Å². The Balaban J connectivity index is 0.000000240. The SMILES string of the molecule is CC(c1ccccc1)N1CC(O)C1.O=C(O)C=CC(=O)O. The first-order valence-electron chi connectivity index (χ1n) is 6.51. The second kappa shape index (κ2) is 8.18. The Bertz CT molecular complexity index is 478. The minimum Gasteiger partial charge on any atom is -0.478 e. The summed E-state index contributed by atoms with van der Waals surface area (Å²) >= 11 is 0. The van der Waals surface area contributed by atoms with Crippen LogP contribution in [0.15, 0.2) is 42.5 Å². The van der Waals surface area contributed by atoms with Gasteiger partial charge in [-0.1, -0.05) is 30.3 Å². The summed E-state index contributed by atoms with van der Waals surface area (Å²) in [6.45, 7) is 3.81. The zero-order valence-corrected chi connectivity index (χ0v) is 11.7. The molecule has 1 unspecified atom stereocenters. The van der Waals surface area contributed by atoms with Crippen LogP contribution in [0, 0.1) is 0 Å². The third kappa shape index (κ3) is 6.20. The molecule has 0 aromatic heterocycles. The molecule has 1 aliphatic heterocycles. The van der Waals surface area contributed by atoms with E-state index in [0.717, 1.165) is 13.1 Å². The summed E-state index contributed by atoms with van der Waals surface area (Å²) in [5.74, 6) is -2.51. The summed E-state index contributed by atoms with van der Waals surface area (Å²) in [6, 6.07) is 10.8. The van der Waals surface area contributed by atoms with Gasteiger partial charge in [-0.3, -0.25) is 4.90 Å². The molecule has 1 aliphatic rings. The fraction of sp³-hybridized carbons (Fsp3) is 0.333. The van der Waals surface area contributed by atoms with Crippen LogP contribution in [-0.2, 0) is 9.59 Å². The number of hydrogen-bond acceptors (Lipinski definition) is 4. The maximum Gasteiger partial charge on any atom is 0.328 e. The molecule has 21 heavy (non-hydrogen) atoms. The van der Waals surface area contributed by atoms with Crippen LogP contribution in [0.3, 0.4) is 0 Å². The van der Waals surface area contributed by atoms with Gasteiger partial charge in [-0.2, -0.15) is 0 Å². The molecule has 114 valence electrons. The molecule has 1 aromatic rings. The van der Waals surface area contributed by atoms with Crippen molar-refractivity contribution in [1.29, 1.82) is 0 Å². The molecular formula is C15H19NO5.